The number of halogens is 1. The predicted octanol–water partition coefficient (Wildman–Crippen LogP) is 4.10. The molecule has 0 aliphatic rings. The van der Waals surface area contributed by atoms with Gasteiger partial charge in [0.2, 0.25) is 0 Å². The van der Waals surface area contributed by atoms with Crippen molar-refractivity contribution in [3.8, 4) is 0 Å². The molecule has 1 amide bonds. The lowest BCUT2D eigenvalue weighted by Gasteiger charge is -2.12. The van der Waals surface area contributed by atoms with Gasteiger partial charge in [-0.2, -0.15) is 0 Å². The van der Waals surface area contributed by atoms with Crippen LogP contribution in [0.25, 0.3) is 0 Å². The van der Waals surface area contributed by atoms with Gasteiger partial charge in [0.1, 0.15) is 0 Å². The van der Waals surface area contributed by atoms with E-state index in [0.29, 0.717) is 21.8 Å². The van der Waals surface area contributed by atoms with E-state index < -0.39 is 10.0 Å². The molecule has 2 aromatic carbocycles. The number of hydrogen-bond donors (Lipinski definition) is 2. The highest BCUT2D eigenvalue weighted by Crippen LogP contribution is 2.25. The Morgan fingerprint density at radius 3 is 2.44 bits per heavy atom. The quantitative estimate of drug-likeness (QED) is 0.673. The number of nitrogens with zero attached hydrogens (tertiary/aromatic N) is 1. The van der Waals surface area contributed by atoms with E-state index >= 15 is 0 Å². The number of anilines is 2. The summed E-state index contributed by atoms with van der Waals surface area (Å²) in [5.41, 5.74) is 1.64. The number of pyridine rings is 1. The van der Waals surface area contributed by atoms with Gasteiger partial charge in [0.25, 0.3) is 15.9 Å². The van der Waals surface area contributed by atoms with Crippen LogP contribution in [0.2, 0.25) is 5.02 Å². The van der Waals surface area contributed by atoms with Crippen LogP contribution >= 0.6 is 11.6 Å². The van der Waals surface area contributed by atoms with Crippen molar-refractivity contribution in [1.29, 1.82) is 0 Å². The number of rotatable bonds is 5. The summed E-state index contributed by atoms with van der Waals surface area (Å²) in [7, 11) is -3.84. The van der Waals surface area contributed by atoms with E-state index in [-0.39, 0.29) is 16.5 Å². The first-order valence-electron chi connectivity index (χ1n) is 7.96. The number of nitrogens with one attached hydrogen (secondary N) is 2. The maximum atomic E-state index is 12.7. The van der Waals surface area contributed by atoms with Crippen LogP contribution in [0.1, 0.15) is 15.9 Å². The van der Waals surface area contributed by atoms with E-state index in [0.717, 1.165) is 0 Å². The molecule has 6 nitrogen and oxygen atoms in total. The van der Waals surface area contributed by atoms with E-state index in [1.807, 2.05) is 0 Å². The van der Waals surface area contributed by atoms with Gasteiger partial charge in [0.15, 0.2) is 0 Å². The molecule has 0 spiro atoms. The van der Waals surface area contributed by atoms with Crippen molar-refractivity contribution in [2.24, 2.45) is 0 Å². The number of carbonyl (C=O) groups is 1. The lowest BCUT2D eigenvalue weighted by Crippen LogP contribution is -2.16. The van der Waals surface area contributed by atoms with Gasteiger partial charge in [0.05, 0.1) is 4.90 Å². The van der Waals surface area contributed by atoms with E-state index in [1.54, 1.807) is 61.8 Å². The minimum absolute atomic E-state index is 0.0849. The topological polar surface area (TPSA) is 88.2 Å². The van der Waals surface area contributed by atoms with Gasteiger partial charge in [-0.3, -0.25) is 14.5 Å². The van der Waals surface area contributed by atoms with Crippen LogP contribution in [0.4, 0.5) is 11.4 Å². The van der Waals surface area contributed by atoms with E-state index in [2.05, 4.69) is 15.0 Å². The predicted molar refractivity (Wildman–Crippen MR) is 106 cm³/mol. The number of hydrogen-bond acceptors (Lipinski definition) is 4. The van der Waals surface area contributed by atoms with Crippen LogP contribution in [-0.2, 0) is 10.0 Å². The summed E-state index contributed by atoms with van der Waals surface area (Å²) >= 11 is 6.02. The summed E-state index contributed by atoms with van der Waals surface area (Å²) < 4.78 is 27.8. The van der Waals surface area contributed by atoms with E-state index in [9.17, 15) is 13.2 Å². The first-order chi connectivity index (χ1) is 12.9. The van der Waals surface area contributed by atoms with Crippen molar-refractivity contribution in [2.75, 3.05) is 10.0 Å². The lowest BCUT2D eigenvalue weighted by molar-refractivity contribution is 0.102. The second kappa shape index (κ2) is 7.77. The molecular weight excluding hydrogens is 386 g/mol. The maximum Gasteiger partial charge on any atom is 0.262 e. The molecule has 3 rings (SSSR count). The fourth-order valence-electron chi connectivity index (χ4n) is 2.45. The fraction of sp³-hybridized carbons (Fsp3) is 0.0526. The van der Waals surface area contributed by atoms with Gasteiger partial charge in [0, 0.05) is 34.4 Å². The van der Waals surface area contributed by atoms with Crippen molar-refractivity contribution in [3.63, 3.8) is 0 Å². The van der Waals surface area contributed by atoms with Crippen molar-refractivity contribution >= 4 is 38.9 Å². The number of benzene rings is 2. The summed E-state index contributed by atoms with van der Waals surface area (Å²) in [5, 5.41) is 3.09. The molecule has 0 saturated heterocycles. The van der Waals surface area contributed by atoms with Crippen molar-refractivity contribution in [2.45, 2.75) is 11.8 Å². The van der Waals surface area contributed by atoms with Crippen LogP contribution in [-0.4, -0.2) is 19.3 Å². The molecular formula is C19H16ClN3O3S. The first kappa shape index (κ1) is 18.9. The monoisotopic (exact) mass is 401 g/mol. The Labute approximate surface area is 162 Å². The standard InChI is InChI=1S/C19H16ClN3O3S/c1-13-17(20)6-3-7-18(13)27(25,26)23-16-5-2-4-14(12-16)19(24)22-15-8-10-21-11-9-15/h2-12,23H,1H3,(H,21,22,24). The SMILES string of the molecule is Cc1c(Cl)cccc1S(=O)(=O)Nc1cccc(C(=O)Nc2ccncc2)c1. The van der Waals surface area contributed by atoms with Crippen LogP contribution in [0.3, 0.4) is 0 Å². The van der Waals surface area contributed by atoms with Crippen molar-refractivity contribution in [3.05, 3.63) is 83.1 Å². The largest absolute Gasteiger partial charge is 0.322 e. The molecule has 8 heteroatoms. The molecule has 2 N–H and O–H groups in total. The number of sulfonamides is 1. The fourth-order valence-corrected chi connectivity index (χ4v) is 4.00. The summed E-state index contributed by atoms with van der Waals surface area (Å²) in [6.07, 6.45) is 3.13. The Bertz CT molecular complexity index is 1090. The third-order valence-electron chi connectivity index (χ3n) is 3.82. The smallest absolute Gasteiger partial charge is 0.262 e. The normalized spacial score (nSPS) is 11.0. The lowest BCUT2D eigenvalue weighted by atomic mass is 10.2. The van der Waals surface area contributed by atoms with Crippen LogP contribution in [0.15, 0.2) is 71.9 Å². The third kappa shape index (κ3) is 4.45. The van der Waals surface area contributed by atoms with Gasteiger partial charge >= 0.3 is 0 Å². The van der Waals surface area contributed by atoms with Gasteiger partial charge in [-0.05, 0) is 55.0 Å². The molecule has 0 fully saturated rings. The van der Waals surface area contributed by atoms with Gasteiger partial charge in [-0.15, -0.1) is 0 Å². The summed E-state index contributed by atoms with van der Waals surface area (Å²) in [4.78, 5) is 16.3. The van der Waals surface area contributed by atoms with E-state index in [1.165, 1.54) is 12.1 Å². The third-order valence-corrected chi connectivity index (χ3v) is 5.76. The average molecular weight is 402 g/mol. The highest BCUT2D eigenvalue weighted by Gasteiger charge is 2.19. The van der Waals surface area contributed by atoms with Gasteiger partial charge < -0.3 is 5.32 Å². The molecule has 0 bridgehead atoms. The Morgan fingerprint density at radius 2 is 1.70 bits per heavy atom. The Kier molecular flexibility index (Phi) is 5.43. The zero-order valence-electron chi connectivity index (χ0n) is 14.3. The summed E-state index contributed by atoms with van der Waals surface area (Å²) in [6.45, 7) is 1.63. The molecule has 0 aliphatic heterocycles. The molecule has 1 heterocycles. The van der Waals surface area contributed by atoms with E-state index in [4.69, 9.17) is 11.6 Å². The highest BCUT2D eigenvalue weighted by molar-refractivity contribution is 7.92. The molecule has 27 heavy (non-hydrogen) atoms. The second-order valence-corrected chi connectivity index (χ2v) is 7.80. The Hall–Kier alpha value is -2.90. The molecule has 0 saturated carbocycles. The number of carbonyl (C=O) groups excluding carboxylic acids is 1. The molecule has 138 valence electrons. The average Bonchev–Trinajstić information content (AvgIpc) is 2.64. The summed E-state index contributed by atoms with van der Waals surface area (Å²) in [5.74, 6) is -0.360. The van der Waals surface area contributed by atoms with Crippen LogP contribution in [0.5, 0.6) is 0 Å². The van der Waals surface area contributed by atoms with Crippen molar-refractivity contribution in [1.82, 2.24) is 4.98 Å². The minimum atomic E-state index is -3.84. The summed E-state index contributed by atoms with van der Waals surface area (Å²) in [6, 6.07) is 14.2. The molecule has 0 unspecified atom stereocenters. The molecule has 0 atom stereocenters. The maximum absolute atomic E-state index is 12.7. The number of aromatic nitrogens is 1. The van der Waals surface area contributed by atoms with Crippen LogP contribution in [0, 0.1) is 6.92 Å². The second-order valence-electron chi connectivity index (χ2n) is 5.74. The zero-order chi connectivity index (χ0) is 19.4. The number of amides is 1. The molecule has 0 radical (unpaired) electrons. The minimum Gasteiger partial charge on any atom is -0.322 e. The molecule has 0 aliphatic carbocycles. The van der Waals surface area contributed by atoms with Crippen LogP contribution < -0.4 is 10.0 Å². The highest BCUT2D eigenvalue weighted by atomic mass is 35.5. The van der Waals surface area contributed by atoms with Crippen molar-refractivity contribution < 1.29 is 13.2 Å². The zero-order valence-corrected chi connectivity index (χ0v) is 15.9. The van der Waals surface area contributed by atoms with Gasteiger partial charge in [-0.25, -0.2) is 8.42 Å². The first-order valence-corrected chi connectivity index (χ1v) is 9.82. The molecule has 3 aromatic rings. The van der Waals surface area contributed by atoms with Gasteiger partial charge in [-0.1, -0.05) is 23.7 Å². The Morgan fingerprint density at radius 1 is 1.00 bits per heavy atom. The molecule has 1 aromatic heterocycles. The Balaban J connectivity index is 1.83.